The van der Waals surface area contributed by atoms with Crippen molar-refractivity contribution in [1.82, 2.24) is 19.3 Å². The van der Waals surface area contributed by atoms with Gasteiger partial charge in [-0.3, -0.25) is 4.79 Å². The summed E-state index contributed by atoms with van der Waals surface area (Å²) >= 11 is 0. The van der Waals surface area contributed by atoms with Crippen molar-refractivity contribution in [1.29, 1.82) is 0 Å². The Hall–Kier alpha value is -3.18. The van der Waals surface area contributed by atoms with Gasteiger partial charge in [0.1, 0.15) is 28.4 Å². The van der Waals surface area contributed by atoms with Gasteiger partial charge in [0.15, 0.2) is 5.82 Å². The molecule has 0 bridgehead atoms. The molecule has 1 saturated heterocycles. The van der Waals surface area contributed by atoms with Crippen LogP contribution >= 0.6 is 0 Å². The number of fused-ring (bicyclic) bond motifs is 1. The molecular weight excluding hydrogens is 422 g/mol. The van der Waals surface area contributed by atoms with Gasteiger partial charge < -0.3 is 19.4 Å². The van der Waals surface area contributed by atoms with Gasteiger partial charge in [-0.1, -0.05) is 6.07 Å². The van der Waals surface area contributed by atoms with E-state index in [-0.39, 0.29) is 5.56 Å². The van der Waals surface area contributed by atoms with E-state index in [0.717, 1.165) is 0 Å². The molecular formula is C20H23N5O5S. The summed E-state index contributed by atoms with van der Waals surface area (Å²) in [5.74, 6) is 1.92. The summed E-state index contributed by atoms with van der Waals surface area (Å²) < 4.78 is 35.5. The normalized spacial score (nSPS) is 15.3. The van der Waals surface area contributed by atoms with Gasteiger partial charge in [-0.15, -0.1) is 0 Å². The number of aromatic amines is 1. The third-order valence-corrected chi connectivity index (χ3v) is 6.51. The zero-order chi connectivity index (χ0) is 22.2. The minimum Gasteiger partial charge on any atom is -0.497 e. The van der Waals surface area contributed by atoms with E-state index in [1.807, 2.05) is 17.0 Å². The smallest absolute Gasteiger partial charge is 0.262 e. The van der Waals surface area contributed by atoms with E-state index in [9.17, 15) is 13.2 Å². The van der Waals surface area contributed by atoms with E-state index >= 15 is 0 Å². The van der Waals surface area contributed by atoms with Crippen LogP contribution in [0.4, 0.5) is 5.82 Å². The number of ether oxygens (including phenoxy) is 2. The Morgan fingerprint density at radius 2 is 1.77 bits per heavy atom. The lowest BCUT2D eigenvalue weighted by molar-refractivity contribution is 0.387. The summed E-state index contributed by atoms with van der Waals surface area (Å²) in [6.45, 7) is 1.85. The van der Waals surface area contributed by atoms with E-state index in [0.29, 0.717) is 65.9 Å². The van der Waals surface area contributed by atoms with Crippen molar-refractivity contribution >= 4 is 26.7 Å². The van der Waals surface area contributed by atoms with Crippen molar-refractivity contribution < 1.29 is 17.9 Å². The third kappa shape index (κ3) is 4.19. The number of benzene rings is 1. The van der Waals surface area contributed by atoms with Gasteiger partial charge in [0.25, 0.3) is 5.56 Å². The van der Waals surface area contributed by atoms with Crippen LogP contribution < -0.4 is 19.9 Å². The average Bonchev–Trinajstić information content (AvgIpc) is 2.77. The summed E-state index contributed by atoms with van der Waals surface area (Å²) in [5, 5.41) is 0.333. The molecule has 4 rings (SSSR count). The summed E-state index contributed by atoms with van der Waals surface area (Å²) in [6, 6.07) is 8.75. The second kappa shape index (κ2) is 8.16. The lowest BCUT2D eigenvalue weighted by atomic mass is 10.2. The molecule has 0 aliphatic carbocycles. The Morgan fingerprint density at radius 1 is 1.03 bits per heavy atom. The monoisotopic (exact) mass is 445 g/mol. The summed E-state index contributed by atoms with van der Waals surface area (Å²) in [4.78, 5) is 26.8. The third-order valence-electron chi connectivity index (χ3n) is 5.21. The SMILES string of the molecule is COc1cc(OC)c2c(=O)[nH]c(-c3cccc(N4CCN(S(C)(=O)=O)CC4)n3)nc2c1. The van der Waals surface area contributed by atoms with Crippen LogP contribution in [0.5, 0.6) is 11.5 Å². The molecule has 1 aliphatic heterocycles. The molecule has 2 aromatic heterocycles. The van der Waals surface area contributed by atoms with Crippen LogP contribution in [0.3, 0.4) is 0 Å². The Labute approximate surface area is 179 Å². The number of hydrogen-bond acceptors (Lipinski definition) is 8. The van der Waals surface area contributed by atoms with Crippen molar-refractivity contribution in [3.63, 3.8) is 0 Å². The first-order valence-electron chi connectivity index (χ1n) is 9.63. The Morgan fingerprint density at radius 3 is 2.42 bits per heavy atom. The van der Waals surface area contributed by atoms with Crippen LogP contribution in [0.2, 0.25) is 0 Å². The molecule has 1 fully saturated rings. The number of aromatic nitrogens is 3. The maximum atomic E-state index is 12.8. The number of pyridine rings is 1. The summed E-state index contributed by atoms with van der Waals surface area (Å²) in [5.41, 5.74) is 0.598. The number of anilines is 1. The maximum absolute atomic E-state index is 12.8. The fraction of sp³-hybridized carbons (Fsp3) is 0.350. The second-order valence-corrected chi connectivity index (χ2v) is 9.15. The molecule has 0 amide bonds. The van der Waals surface area contributed by atoms with Crippen LogP contribution in [-0.2, 0) is 10.0 Å². The van der Waals surface area contributed by atoms with Gasteiger partial charge >= 0.3 is 0 Å². The Bertz CT molecular complexity index is 1280. The molecule has 0 unspecified atom stereocenters. The second-order valence-electron chi connectivity index (χ2n) is 7.17. The zero-order valence-electron chi connectivity index (χ0n) is 17.5. The quantitative estimate of drug-likeness (QED) is 0.620. The van der Waals surface area contributed by atoms with Crippen molar-refractivity contribution in [2.45, 2.75) is 0 Å². The minimum absolute atomic E-state index is 0.324. The standard InChI is InChI=1S/C20H23N5O5S/c1-29-13-11-15-18(16(12-13)30-2)20(26)23-19(22-15)14-5-4-6-17(21-14)24-7-9-25(10-8-24)31(3,27)28/h4-6,11-12H,7-10H2,1-3H3,(H,22,23,26). The van der Waals surface area contributed by atoms with Crippen molar-refractivity contribution in [2.75, 3.05) is 51.6 Å². The number of nitrogens with one attached hydrogen (secondary N) is 1. The molecule has 0 atom stereocenters. The number of H-pyrrole nitrogens is 1. The molecule has 0 spiro atoms. The van der Waals surface area contributed by atoms with E-state index in [1.165, 1.54) is 24.8 Å². The molecule has 1 aromatic carbocycles. The van der Waals surface area contributed by atoms with E-state index in [2.05, 4.69) is 15.0 Å². The number of nitrogens with zero attached hydrogens (tertiary/aromatic N) is 4. The molecule has 3 aromatic rings. The number of rotatable bonds is 5. The molecule has 10 nitrogen and oxygen atoms in total. The topological polar surface area (TPSA) is 118 Å². The highest BCUT2D eigenvalue weighted by atomic mass is 32.2. The maximum Gasteiger partial charge on any atom is 0.262 e. The molecule has 1 aliphatic rings. The van der Waals surface area contributed by atoms with Gasteiger partial charge in [0.2, 0.25) is 10.0 Å². The van der Waals surface area contributed by atoms with Gasteiger partial charge in [-0.05, 0) is 12.1 Å². The van der Waals surface area contributed by atoms with Gasteiger partial charge in [0, 0.05) is 38.3 Å². The van der Waals surface area contributed by atoms with Crippen LogP contribution in [0.15, 0.2) is 35.1 Å². The number of hydrogen-bond donors (Lipinski definition) is 1. The van der Waals surface area contributed by atoms with E-state index in [4.69, 9.17) is 9.47 Å². The fourth-order valence-corrected chi connectivity index (χ4v) is 4.42. The number of sulfonamides is 1. The molecule has 0 saturated carbocycles. The molecule has 11 heteroatoms. The van der Waals surface area contributed by atoms with Gasteiger partial charge in [-0.25, -0.2) is 18.4 Å². The summed E-state index contributed by atoms with van der Waals surface area (Å²) in [7, 11) is -0.190. The molecule has 3 heterocycles. The highest BCUT2D eigenvalue weighted by molar-refractivity contribution is 7.88. The lowest BCUT2D eigenvalue weighted by Crippen LogP contribution is -2.48. The van der Waals surface area contributed by atoms with Crippen molar-refractivity contribution in [3.05, 3.63) is 40.7 Å². The molecule has 1 N–H and O–H groups in total. The predicted molar refractivity (Wildman–Crippen MR) is 117 cm³/mol. The van der Waals surface area contributed by atoms with Crippen LogP contribution in [-0.4, -0.2) is 74.3 Å². The summed E-state index contributed by atoms with van der Waals surface area (Å²) in [6.07, 6.45) is 1.22. The molecule has 31 heavy (non-hydrogen) atoms. The van der Waals surface area contributed by atoms with E-state index in [1.54, 1.807) is 18.2 Å². The Balaban J connectivity index is 1.69. The average molecular weight is 446 g/mol. The number of piperazine rings is 1. The van der Waals surface area contributed by atoms with Crippen molar-refractivity contribution in [3.8, 4) is 23.0 Å². The lowest BCUT2D eigenvalue weighted by Gasteiger charge is -2.34. The van der Waals surface area contributed by atoms with Crippen LogP contribution in [0.1, 0.15) is 0 Å². The highest BCUT2D eigenvalue weighted by Gasteiger charge is 2.24. The minimum atomic E-state index is -3.20. The molecule has 164 valence electrons. The first kappa shape index (κ1) is 21.1. The fourth-order valence-electron chi connectivity index (χ4n) is 3.59. The van der Waals surface area contributed by atoms with Crippen LogP contribution in [0, 0.1) is 0 Å². The Kier molecular flexibility index (Phi) is 5.54. The van der Waals surface area contributed by atoms with E-state index < -0.39 is 10.0 Å². The first-order valence-corrected chi connectivity index (χ1v) is 11.5. The van der Waals surface area contributed by atoms with Gasteiger partial charge in [-0.2, -0.15) is 4.31 Å². The van der Waals surface area contributed by atoms with Crippen molar-refractivity contribution in [2.24, 2.45) is 0 Å². The van der Waals surface area contributed by atoms with Gasteiger partial charge in [0.05, 0.1) is 26.0 Å². The highest BCUT2D eigenvalue weighted by Crippen LogP contribution is 2.29. The molecule has 0 radical (unpaired) electrons. The van der Waals surface area contributed by atoms with Crippen LogP contribution in [0.25, 0.3) is 22.4 Å². The largest absolute Gasteiger partial charge is 0.497 e. The number of methoxy groups -OCH3 is 2. The predicted octanol–water partition coefficient (Wildman–Crippen LogP) is 1.08. The first-order chi connectivity index (χ1) is 14.8. The zero-order valence-corrected chi connectivity index (χ0v) is 18.3.